The second-order valence-electron chi connectivity index (χ2n) is 7.09. The summed E-state index contributed by atoms with van der Waals surface area (Å²) in [5.41, 5.74) is 1.69. The molecule has 0 unspecified atom stereocenters. The molecule has 1 fully saturated rings. The molecule has 0 radical (unpaired) electrons. The number of imidazole rings is 1. The molecule has 1 amide bonds. The van der Waals surface area contributed by atoms with Gasteiger partial charge in [-0.3, -0.25) is 14.0 Å². The van der Waals surface area contributed by atoms with Gasteiger partial charge in [-0.05, 0) is 32.8 Å². The van der Waals surface area contributed by atoms with Crippen molar-refractivity contribution in [1.29, 1.82) is 0 Å². The molecule has 1 aliphatic heterocycles. The highest BCUT2D eigenvalue weighted by atomic mass is 16.3. The number of aliphatic hydroxyl groups excluding tert-OH is 1. The number of furan rings is 1. The van der Waals surface area contributed by atoms with Crippen molar-refractivity contribution in [3.8, 4) is 11.3 Å². The molecule has 4 rings (SSSR count). The number of aromatic nitrogens is 3. The van der Waals surface area contributed by atoms with Crippen molar-refractivity contribution in [3.05, 3.63) is 46.0 Å². The van der Waals surface area contributed by atoms with Crippen molar-refractivity contribution < 1.29 is 14.3 Å². The highest BCUT2D eigenvalue weighted by Crippen LogP contribution is 2.25. The molecular formula is C19H22N4O4. The van der Waals surface area contributed by atoms with Crippen LogP contribution >= 0.6 is 0 Å². The minimum absolute atomic E-state index is 0.208. The first-order chi connectivity index (χ1) is 12.8. The average Bonchev–Trinajstić information content (AvgIpc) is 3.21. The van der Waals surface area contributed by atoms with Crippen LogP contribution in [0.1, 0.15) is 34.9 Å². The quantitative estimate of drug-likeness (QED) is 0.738. The second kappa shape index (κ2) is 6.38. The summed E-state index contributed by atoms with van der Waals surface area (Å²) in [7, 11) is 1.68. The van der Waals surface area contributed by atoms with Crippen molar-refractivity contribution in [3.63, 3.8) is 0 Å². The number of nitrogens with zero attached hydrogens (tertiary/aromatic N) is 4. The molecule has 0 spiro atoms. The molecule has 1 aliphatic rings. The summed E-state index contributed by atoms with van der Waals surface area (Å²) < 4.78 is 8.71. The lowest BCUT2D eigenvalue weighted by Gasteiger charge is -2.28. The Hall–Kier alpha value is -2.87. The summed E-state index contributed by atoms with van der Waals surface area (Å²) in [5, 5.41) is 9.61. The Morgan fingerprint density at radius 1 is 1.26 bits per heavy atom. The van der Waals surface area contributed by atoms with Crippen LogP contribution in [0.4, 0.5) is 0 Å². The fourth-order valence-corrected chi connectivity index (χ4v) is 3.60. The first kappa shape index (κ1) is 17.5. The van der Waals surface area contributed by atoms with Gasteiger partial charge in [-0.25, -0.2) is 4.98 Å². The fraction of sp³-hybridized carbons (Fsp3) is 0.421. The van der Waals surface area contributed by atoms with Crippen molar-refractivity contribution in [2.24, 2.45) is 7.05 Å². The number of likely N-dealkylation sites (tertiary alicyclic amines) is 1. The van der Waals surface area contributed by atoms with E-state index in [4.69, 9.17) is 4.42 Å². The number of rotatable bonds is 2. The summed E-state index contributed by atoms with van der Waals surface area (Å²) in [4.78, 5) is 31.5. The number of piperidine rings is 1. The third-order valence-corrected chi connectivity index (χ3v) is 5.14. The van der Waals surface area contributed by atoms with E-state index in [2.05, 4.69) is 4.98 Å². The van der Waals surface area contributed by atoms with Gasteiger partial charge in [0.25, 0.3) is 11.5 Å². The predicted molar refractivity (Wildman–Crippen MR) is 98.8 cm³/mol. The Kier molecular flexibility index (Phi) is 4.15. The van der Waals surface area contributed by atoms with Crippen LogP contribution in [-0.4, -0.2) is 49.1 Å². The summed E-state index contributed by atoms with van der Waals surface area (Å²) in [5.74, 6) is 1.28. The SMILES string of the molecule is Cc1cc(-c2cn3cc(C(=O)N4CCC(O)CC4)nc3c(=O)n2C)c(C)o1. The molecule has 3 aromatic heterocycles. The second-order valence-corrected chi connectivity index (χ2v) is 7.09. The van der Waals surface area contributed by atoms with E-state index in [0.29, 0.717) is 31.6 Å². The maximum absolute atomic E-state index is 12.8. The Morgan fingerprint density at radius 3 is 2.59 bits per heavy atom. The number of aliphatic hydroxyl groups is 1. The topological polar surface area (TPSA) is 93.0 Å². The molecule has 0 atom stereocenters. The Bertz CT molecular complexity index is 1080. The van der Waals surface area contributed by atoms with Crippen LogP contribution in [0.3, 0.4) is 0 Å². The molecule has 1 N–H and O–H groups in total. The first-order valence-electron chi connectivity index (χ1n) is 8.98. The Labute approximate surface area is 155 Å². The van der Waals surface area contributed by atoms with Crippen molar-refractivity contribution in [2.75, 3.05) is 13.1 Å². The number of carbonyl (C=O) groups is 1. The van der Waals surface area contributed by atoms with Gasteiger partial charge in [-0.1, -0.05) is 0 Å². The van der Waals surface area contributed by atoms with Crippen LogP contribution in [0.2, 0.25) is 0 Å². The zero-order chi connectivity index (χ0) is 19.3. The van der Waals surface area contributed by atoms with E-state index < -0.39 is 0 Å². The van der Waals surface area contributed by atoms with E-state index in [1.807, 2.05) is 19.9 Å². The number of hydrogen-bond donors (Lipinski definition) is 1. The number of hydrogen-bond acceptors (Lipinski definition) is 5. The molecule has 0 bridgehead atoms. The lowest BCUT2D eigenvalue weighted by atomic mass is 10.1. The molecule has 0 aromatic carbocycles. The van der Waals surface area contributed by atoms with Gasteiger partial charge in [0.05, 0.1) is 11.8 Å². The molecule has 4 heterocycles. The summed E-state index contributed by atoms with van der Waals surface area (Å²) >= 11 is 0. The number of carbonyl (C=O) groups excluding carboxylic acids is 1. The van der Waals surface area contributed by atoms with Crippen LogP contribution in [0, 0.1) is 13.8 Å². The average molecular weight is 370 g/mol. The van der Waals surface area contributed by atoms with E-state index in [1.165, 1.54) is 4.57 Å². The number of amides is 1. The minimum Gasteiger partial charge on any atom is -0.466 e. The Balaban J connectivity index is 1.77. The van der Waals surface area contributed by atoms with Crippen LogP contribution < -0.4 is 5.56 Å². The van der Waals surface area contributed by atoms with Gasteiger partial charge in [0.2, 0.25) is 5.65 Å². The van der Waals surface area contributed by atoms with E-state index >= 15 is 0 Å². The van der Waals surface area contributed by atoms with Gasteiger partial charge >= 0.3 is 0 Å². The third-order valence-electron chi connectivity index (χ3n) is 5.14. The van der Waals surface area contributed by atoms with Crippen molar-refractivity contribution in [1.82, 2.24) is 18.9 Å². The van der Waals surface area contributed by atoms with Gasteiger partial charge in [0, 0.05) is 38.1 Å². The minimum atomic E-state index is -0.355. The molecule has 3 aromatic rings. The van der Waals surface area contributed by atoms with E-state index in [-0.39, 0.29) is 28.9 Å². The lowest BCUT2D eigenvalue weighted by Crippen LogP contribution is -2.40. The molecule has 142 valence electrons. The number of aryl methyl sites for hydroxylation is 2. The Morgan fingerprint density at radius 2 is 1.96 bits per heavy atom. The molecule has 27 heavy (non-hydrogen) atoms. The van der Waals surface area contributed by atoms with Gasteiger partial charge in [0.15, 0.2) is 0 Å². The van der Waals surface area contributed by atoms with Crippen LogP contribution in [-0.2, 0) is 7.05 Å². The highest BCUT2D eigenvalue weighted by molar-refractivity contribution is 5.93. The van der Waals surface area contributed by atoms with Crippen LogP contribution in [0.25, 0.3) is 16.9 Å². The predicted octanol–water partition coefficient (Wildman–Crippen LogP) is 1.51. The smallest absolute Gasteiger partial charge is 0.294 e. The zero-order valence-electron chi connectivity index (χ0n) is 15.6. The molecule has 8 nitrogen and oxygen atoms in total. The fourth-order valence-electron chi connectivity index (χ4n) is 3.60. The zero-order valence-corrected chi connectivity index (χ0v) is 15.6. The molecule has 8 heteroatoms. The maximum Gasteiger partial charge on any atom is 0.294 e. The largest absolute Gasteiger partial charge is 0.466 e. The highest BCUT2D eigenvalue weighted by Gasteiger charge is 2.25. The van der Waals surface area contributed by atoms with Gasteiger partial charge in [-0.2, -0.15) is 0 Å². The van der Waals surface area contributed by atoms with Crippen molar-refractivity contribution in [2.45, 2.75) is 32.8 Å². The number of fused-ring (bicyclic) bond motifs is 1. The van der Waals surface area contributed by atoms with Crippen LogP contribution in [0.5, 0.6) is 0 Å². The van der Waals surface area contributed by atoms with Crippen LogP contribution in [0.15, 0.2) is 27.7 Å². The van der Waals surface area contributed by atoms with E-state index in [0.717, 1.165) is 17.1 Å². The lowest BCUT2D eigenvalue weighted by molar-refractivity contribution is 0.0542. The normalized spacial score (nSPS) is 15.6. The summed E-state index contributed by atoms with van der Waals surface area (Å²) in [6, 6.07) is 1.89. The van der Waals surface area contributed by atoms with Crippen molar-refractivity contribution >= 4 is 11.6 Å². The standard InChI is InChI=1S/C19H22N4O4/c1-11-8-14(12(2)27-11)16-10-23-9-15(20-17(23)19(26)21(16)3)18(25)22-6-4-13(24)5-7-22/h8-10,13,24H,4-7H2,1-3H3. The van der Waals surface area contributed by atoms with Gasteiger partial charge in [0.1, 0.15) is 17.2 Å². The maximum atomic E-state index is 12.8. The molecule has 0 aliphatic carbocycles. The first-order valence-corrected chi connectivity index (χ1v) is 8.98. The third kappa shape index (κ3) is 2.95. The molecule has 1 saturated heterocycles. The summed E-state index contributed by atoms with van der Waals surface area (Å²) in [6.45, 7) is 4.69. The van der Waals surface area contributed by atoms with Gasteiger partial charge < -0.3 is 19.0 Å². The molecular weight excluding hydrogens is 348 g/mol. The van der Waals surface area contributed by atoms with E-state index in [1.54, 1.807) is 28.7 Å². The monoisotopic (exact) mass is 370 g/mol. The molecule has 0 saturated carbocycles. The van der Waals surface area contributed by atoms with Gasteiger partial charge in [-0.15, -0.1) is 0 Å². The van der Waals surface area contributed by atoms with E-state index in [9.17, 15) is 14.7 Å². The summed E-state index contributed by atoms with van der Waals surface area (Å²) in [6.07, 6.45) is 4.15.